The Morgan fingerprint density at radius 3 is 2.33 bits per heavy atom. The largest absolute Gasteiger partial charge is 0.497 e. The summed E-state index contributed by atoms with van der Waals surface area (Å²) in [5.74, 6) is 1.36. The zero-order valence-electron chi connectivity index (χ0n) is 18.6. The summed E-state index contributed by atoms with van der Waals surface area (Å²) in [5.41, 5.74) is 1.46. The predicted molar refractivity (Wildman–Crippen MR) is 126 cm³/mol. The number of rotatable bonds is 10. The van der Waals surface area contributed by atoms with Crippen molar-refractivity contribution in [3.63, 3.8) is 0 Å². The van der Waals surface area contributed by atoms with Gasteiger partial charge < -0.3 is 19.5 Å². The van der Waals surface area contributed by atoms with Gasteiger partial charge in [-0.1, -0.05) is 24.3 Å². The van der Waals surface area contributed by atoms with Crippen LogP contribution in [0.25, 0.3) is 0 Å². The molecular weight excluding hydrogens is 444 g/mol. The minimum Gasteiger partial charge on any atom is -0.497 e. The smallest absolute Gasteiger partial charge is 0.262 e. The number of methoxy groups -OCH3 is 3. The quantitative estimate of drug-likeness (QED) is 0.470. The summed E-state index contributed by atoms with van der Waals surface area (Å²) in [4.78, 5) is 12.6. The second kappa shape index (κ2) is 10.7. The van der Waals surface area contributed by atoms with E-state index in [0.717, 1.165) is 5.56 Å². The van der Waals surface area contributed by atoms with Crippen molar-refractivity contribution in [2.75, 3.05) is 32.6 Å². The number of benzene rings is 3. The molecule has 0 saturated carbocycles. The first-order valence-electron chi connectivity index (χ1n) is 10.1. The Labute approximate surface area is 193 Å². The molecule has 3 aromatic carbocycles. The molecule has 0 aliphatic heterocycles. The van der Waals surface area contributed by atoms with Crippen LogP contribution in [0.4, 0.5) is 5.69 Å². The lowest BCUT2D eigenvalue weighted by molar-refractivity contribution is 0.0954. The van der Waals surface area contributed by atoms with Gasteiger partial charge in [-0.2, -0.15) is 0 Å². The number of sulfonamides is 1. The highest BCUT2D eigenvalue weighted by Crippen LogP contribution is 2.27. The van der Waals surface area contributed by atoms with Gasteiger partial charge in [0, 0.05) is 18.2 Å². The standard InChI is InChI=1S/C24H26N2O6S/c1-30-19-12-11-17(23(16-19)32-3)13-14-25-24(27)18-7-6-8-20(15-18)33(28,29)26-21-9-4-5-10-22(21)31-2/h4-12,15-16,26H,13-14H2,1-3H3,(H,25,27). The maximum Gasteiger partial charge on any atom is 0.262 e. The van der Waals surface area contributed by atoms with Crippen molar-refractivity contribution in [1.82, 2.24) is 5.32 Å². The lowest BCUT2D eigenvalue weighted by atomic mass is 10.1. The minimum atomic E-state index is -3.92. The lowest BCUT2D eigenvalue weighted by Crippen LogP contribution is -2.26. The summed E-state index contributed by atoms with van der Waals surface area (Å²) < 4.78 is 43.9. The highest BCUT2D eigenvalue weighted by atomic mass is 32.2. The van der Waals surface area contributed by atoms with Gasteiger partial charge in [-0.15, -0.1) is 0 Å². The van der Waals surface area contributed by atoms with Gasteiger partial charge in [-0.05, 0) is 48.4 Å². The molecule has 9 heteroatoms. The molecule has 0 fully saturated rings. The van der Waals surface area contributed by atoms with E-state index in [1.165, 1.54) is 25.3 Å². The molecule has 0 radical (unpaired) electrons. The second-order valence-corrected chi connectivity index (χ2v) is 8.70. The maximum absolute atomic E-state index is 12.8. The molecular formula is C24H26N2O6S. The molecule has 0 aliphatic carbocycles. The van der Waals surface area contributed by atoms with Crippen molar-refractivity contribution in [3.8, 4) is 17.2 Å². The molecule has 8 nitrogen and oxygen atoms in total. The molecule has 0 aromatic heterocycles. The number of hydrogen-bond acceptors (Lipinski definition) is 6. The number of hydrogen-bond donors (Lipinski definition) is 2. The molecule has 0 heterocycles. The third-order valence-electron chi connectivity index (χ3n) is 4.93. The van der Waals surface area contributed by atoms with E-state index < -0.39 is 10.0 Å². The van der Waals surface area contributed by atoms with E-state index >= 15 is 0 Å². The van der Waals surface area contributed by atoms with Gasteiger partial charge in [0.25, 0.3) is 15.9 Å². The number of nitrogens with one attached hydrogen (secondary N) is 2. The van der Waals surface area contributed by atoms with Crippen molar-refractivity contribution in [2.24, 2.45) is 0 Å². The van der Waals surface area contributed by atoms with Gasteiger partial charge in [0.1, 0.15) is 17.2 Å². The Morgan fingerprint density at radius 1 is 0.848 bits per heavy atom. The zero-order chi connectivity index (χ0) is 23.8. The van der Waals surface area contributed by atoms with Crippen LogP contribution in [0.2, 0.25) is 0 Å². The maximum atomic E-state index is 12.8. The first-order chi connectivity index (χ1) is 15.9. The molecule has 0 spiro atoms. The fraction of sp³-hybridized carbons (Fsp3) is 0.208. The van der Waals surface area contributed by atoms with Crippen LogP contribution in [0.1, 0.15) is 15.9 Å². The van der Waals surface area contributed by atoms with Crippen LogP contribution in [0.5, 0.6) is 17.2 Å². The van der Waals surface area contributed by atoms with Crippen LogP contribution in [-0.4, -0.2) is 42.2 Å². The van der Waals surface area contributed by atoms with Crippen molar-refractivity contribution >= 4 is 21.6 Å². The Bertz CT molecular complexity index is 1230. The van der Waals surface area contributed by atoms with Crippen molar-refractivity contribution in [2.45, 2.75) is 11.3 Å². The number of carbonyl (C=O) groups excluding carboxylic acids is 1. The Balaban J connectivity index is 1.68. The van der Waals surface area contributed by atoms with Crippen LogP contribution in [0.15, 0.2) is 71.6 Å². The molecule has 0 atom stereocenters. The zero-order valence-corrected chi connectivity index (χ0v) is 19.4. The molecule has 0 saturated heterocycles. The summed E-state index contributed by atoms with van der Waals surface area (Å²) in [7, 11) is 0.688. The molecule has 0 bridgehead atoms. The minimum absolute atomic E-state index is 0.0297. The fourth-order valence-corrected chi connectivity index (χ4v) is 4.32. The summed E-state index contributed by atoms with van der Waals surface area (Å²) in [5, 5.41) is 2.81. The Kier molecular flexibility index (Phi) is 7.78. The lowest BCUT2D eigenvalue weighted by Gasteiger charge is -2.13. The third-order valence-corrected chi connectivity index (χ3v) is 6.30. The predicted octanol–water partition coefficient (Wildman–Crippen LogP) is 3.49. The summed E-state index contributed by atoms with van der Waals surface area (Å²) in [6.45, 7) is 0.345. The summed E-state index contributed by atoms with van der Waals surface area (Å²) >= 11 is 0. The average molecular weight is 471 g/mol. The van der Waals surface area contributed by atoms with Crippen LogP contribution in [0, 0.1) is 0 Å². The fourth-order valence-electron chi connectivity index (χ4n) is 3.21. The van der Waals surface area contributed by atoms with Crippen LogP contribution in [0.3, 0.4) is 0 Å². The van der Waals surface area contributed by atoms with E-state index in [4.69, 9.17) is 14.2 Å². The number of para-hydroxylation sites is 2. The van der Waals surface area contributed by atoms with Crippen LogP contribution < -0.4 is 24.2 Å². The summed E-state index contributed by atoms with van der Waals surface area (Å²) in [6.07, 6.45) is 0.534. The average Bonchev–Trinajstić information content (AvgIpc) is 2.84. The Morgan fingerprint density at radius 2 is 1.61 bits per heavy atom. The van der Waals surface area contributed by atoms with E-state index in [9.17, 15) is 13.2 Å². The highest BCUT2D eigenvalue weighted by molar-refractivity contribution is 7.92. The van der Waals surface area contributed by atoms with E-state index in [1.807, 2.05) is 12.1 Å². The number of amides is 1. The topological polar surface area (TPSA) is 103 Å². The third kappa shape index (κ3) is 5.95. The molecule has 0 unspecified atom stereocenters. The highest BCUT2D eigenvalue weighted by Gasteiger charge is 2.18. The summed E-state index contributed by atoms with van der Waals surface area (Å²) in [6, 6.07) is 18.0. The molecule has 174 valence electrons. The van der Waals surface area contributed by atoms with Crippen molar-refractivity contribution in [1.29, 1.82) is 0 Å². The first-order valence-corrected chi connectivity index (χ1v) is 11.6. The van der Waals surface area contributed by atoms with Gasteiger partial charge in [0.15, 0.2) is 0 Å². The van der Waals surface area contributed by atoms with E-state index in [1.54, 1.807) is 50.6 Å². The monoisotopic (exact) mass is 470 g/mol. The van der Waals surface area contributed by atoms with Gasteiger partial charge in [-0.25, -0.2) is 8.42 Å². The van der Waals surface area contributed by atoms with E-state index in [2.05, 4.69) is 10.0 Å². The normalized spacial score (nSPS) is 10.9. The van der Waals surface area contributed by atoms with Crippen LogP contribution >= 0.6 is 0 Å². The molecule has 3 aromatic rings. The molecule has 0 aliphatic rings. The van der Waals surface area contributed by atoms with Crippen molar-refractivity contribution in [3.05, 3.63) is 77.9 Å². The van der Waals surface area contributed by atoms with Crippen molar-refractivity contribution < 1.29 is 27.4 Å². The van der Waals surface area contributed by atoms with Gasteiger partial charge >= 0.3 is 0 Å². The SMILES string of the molecule is COc1ccc(CCNC(=O)c2cccc(S(=O)(=O)Nc3ccccc3OC)c2)c(OC)c1. The number of carbonyl (C=O) groups is 1. The van der Waals surface area contributed by atoms with Crippen LogP contribution in [-0.2, 0) is 16.4 Å². The molecule has 33 heavy (non-hydrogen) atoms. The first kappa shape index (κ1) is 23.9. The van der Waals surface area contributed by atoms with E-state index in [-0.39, 0.29) is 16.4 Å². The second-order valence-electron chi connectivity index (χ2n) is 7.02. The Hall–Kier alpha value is -3.72. The van der Waals surface area contributed by atoms with Gasteiger partial charge in [0.2, 0.25) is 0 Å². The van der Waals surface area contributed by atoms with Gasteiger partial charge in [0.05, 0.1) is 31.9 Å². The number of ether oxygens (including phenoxy) is 3. The molecule has 1 amide bonds. The van der Waals surface area contributed by atoms with Gasteiger partial charge in [-0.3, -0.25) is 9.52 Å². The molecule has 2 N–H and O–H groups in total. The number of anilines is 1. The van der Waals surface area contributed by atoms with E-state index in [0.29, 0.717) is 35.9 Å². The molecule has 3 rings (SSSR count).